The summed E-state index contributed by atoms with van der Waals surface area (Å²) in [5.41, 5.74) is 0. The molecule has 21 heavy (non-hydrogen) atoms. The van der Waals surface area contributed by atoms with Gasteiger partial charge in [0.25, 0.3) is 0 Å². The standard InChI is InChI=1S/C12H20O9/c1-6(13)10(16)19-4-9(21-12(18)8(3)15)5-20-11(17)7(2)14/h6-9,13-15H,4-5H2,1-3H3/t6-,7-,8+/m0/s1. The Balaban J connectivity index is 4.50. The first-order chi connectivity index (χ1) is 9.65. The molecule has 0 aromatic rings. The number of ether oxygens (including phenoxy) is 3. The monoisotopic (exact) mass is 308 g/mol. The van der Waals surface area contributed by atoms with Crippen molar-refractivity contribution in [3.05, 3.63) is 0 Å². The van der Waals surface area contributed by atoms with E-state index in [0.717, 1.165) is 0 Å². The molecule has 0 bridgehead atoms. The molecule has 0 saturated heterocycles. The Labute approximate surface area is 121 Å². The number of aliphatic hydroxyl groups excluding tert-OH is 3. The van der Waals surface area contributed by atoms with Gasteiger partial charge >= 0.3 is 17.9 Å². The molecule has 0 radical (unpaired) electrons. The maximum absolute atomic E-state index is 11.3. The van der Waals surface area contributed by atoms with E-state index in [9.17, 15) is 14.4 Å². The molecule has 0 aromatic heterocycles. The molecule has 0 aliphatic rings. The number of carbonyl (C=O) groups excluding carboxylic acids is 3. The lowest BCUT2D eigenvalue weighted by Crippen LogP contribution is -2.36. The Hall–Kier alpha value is -1.71. The summed E-state index contributed by atoms with van der Waals surface area (Å²) in [5, 5.41) is 26.9. The van der Waals surface area contributed by atoms with Crippen molar-refractivity contribution in [2.75, 3.05) is 13.2 Å². The van der Waals surface area contributed by atoms with Gasteiger partial charge in [0.2, 0.25) is 0 Å². The van der Waals surface area contributed by atoms with Crippen LogP contribution in [0.4, 0.5) is 0 Å². The second-order valence-corrected chi connectivity index (χ2v) is 4.35. The van der Waals surface area contributed by atoms with Gasteiger partial charge in [-0.2, -0.15) is 0 Å². The van der Waals surface area contributed by atoms with E-state index >= 15 is 0 Å². The van der Waals surface area contributed by atoms with Crippen LogP contribution in [-0.2, 0) is 28.6 Å². The van der Waals surface area contributed by atoms with Crippen molar-refractivity contribution in [1.29, 1.82) is 0 Å². The van der Waals surface area contributed by atoms with Gasteiger partial charge in [-0.25, -0.2) is 14.4 Å². The van der Waals surface area contributed by atoms with Gasteiger partial charge in [0.15, 0.2) is 6.10 Å². The van der Waals surface area contributed by atoms with E-state index in [1.54, 1.807) is 0 Å². The second-order valence-electron chi connectivity index (χ2n) is 4.35. The van der Waals surface area contributed by atoms with Crippen molar-refractivity contribution in [3.63, 3.8) is 0 Å². The van der Waals surface area contributed by atoms with Gasteiger partial charge < -0.3 is 29.5 Å². The largest absolute Gasteiger partial charge is 0.460 e. The minimum absolute atomic E-state index is 0.477. The average molecular weight is 308 g/mol. The molecule has 0 aliphatic heterocycles. The first-order valence-corrected chi connectivity index (χ1v) is 6.23. The second kappa shape index (κ2) is 9.27. The first-order valence-electron chi connectivity index (χ1n) is 6.23. The van der Waals surface area contributed by atoms with Crippen LogP contribution in [0.15, 0.2) is 0 Å². The van der Waals surface area contributed by atoms with Crippen molar-refractivity contribution in [3.8, 4) is 0 Å². The smallest absolute Gasteiger partial charge is 0.335 e. The summed E-state index contributed by atoms with van der Waals surface area (Å²) in [6, 6.07) is 0. The average Bonchev–Trinajstić information content (AvgIpc) is 2.40. The molecule has 9 nitrogen and oxygen atoms in total. The fourth-order valence-electron chi connectivity index (χ4n) is 0.970. The lowest BCUT2D eigenvalue weighted by Gasteiger charge is -2.19. The van der Waals surface area contributed by atoms with Gasteiger partial charge in [-0.15, -0.1) is 0 Å². The summed E-state index contributed by atoms with van der Waals surface area (Å²) < 4.78 is 14.0. The molecule has 3 atom stereocenters. The number of hydrogen-bond acceptors (Lipinski definition) is 9. The number of esters is 3. The number of aliphatic hydroxyl groups is 3. The molecule has 0 aromatic carbocycles. The molecule has 0 saturated carbocycles. The molecule has 0 fully saturated rings. The van der Waals surface area contributed by atoms with E-state index in [0.29, 0.717) is 0 Å². The fraction of sp³-hybridized carbons (Fsp3) is 0.750. The maximum Gasteiger partial charge on any atom is 0.335 e. The van der Waals surface area contributed by atoms with Gasteiger partial charge in [0.1, 0.15) is 31.5 Å². The minimum Gasteiger partial charge on any atom is -0.460 e. The Morgan fingerprint density at radius 1 is 0.762 bits per heavy atom. The van der Waals surface area contributed by atoms with E-state index in [-0.39, 0.29) is 0 Å². The quantitative estimate of drug-likeness (QED) is 0.347. The molecule has 3 N–H and O–H groups in total. The Kier molecular flexibility index (Phi) is 8.51. The van der Waals surface area contributed by atoms with Crippen LogP contribution in [0.3, 0.4) is 0 Å². The van der Waals surface area contributed by atoms with Gasteiger partial charge in [0.05, 0.1) is 0 Å². The Bertz CT molecular complexity index is 338. The van der Waals surface area contributed by atoms with E-state index in [1.165, 1.54) is 20.8 Å². The van der Waals surface area contributed by atoms with Crippen molar-refractivity contribution in [2.45, 2.75) is 45.2 Å². The number of rotatable bonds is 8. The van der Waals surface area contributed by atoms with Crippen LogP contribution in [0, 0.1) is 0 Å². The normalized spacial score (nSPS) is 15.0. The van der Waals surface area contributed by atoms with Crippen molar-refractivity contribution >= 4 is 17.9 Å². The number of carbonyl (C=O) groups is 3. The van der Waals surface area contributed by atoms with Crippen molar-refractivity contribution in [2.24, 2.45) is 0 Å². The third-order valence-electron chi connectivity index (χ3n) is 2.13. The van der Waals surface area contributed by atoms with Crippen LogP contribution in [0.2, 0.25) is 0 Å². The highest BCUT2D eigenvalue weighted by molar-refractivity contribution is 5.75. The highest BCUT2D eigenvalue weighted by atomic mass is 16.6. The molecule has 0 amide bonds. The van der Waals surface area contributed by atoms with Crippen molar-refractivity contribution in [1.82, 2.24) is 0 Å². The van der Waals surface area contributed by atoms with E-state index in [2.05, 4.69) is 9.47 Å². The molecule has 0 unspecified atom stereocenters. The van der Waals surface area contributed by atoms with Gasteiger partial charge in [0, 0.05) is 0 Å². The summed E-state index contributed by atoms with van der Waals surface area (Å²) in [6.07, 6.45) is -5.30. The molecule has 0 rings (SSSR count). The van der Waals surface area contributed by atoms with Crippen LogP contribution in [0.1, 0.15) is 20.8 Å². The Morgan fingerprint density at radius 3 is 1.38 bits per heavy atom. The molecule has 0 heterocycles. The lowest BCUT2D eigenvalue weighted by molar-refractivity contribution is -0.176. The van der Waals surface area contributed by atoms with Gasteiger partial charge in [-0.3, -0.25) is 0 Å². The fourth-order valence-corrected chi connectivity index (χ4v) is 0.970. The summed E-state index contributed by atoms with van der Waals surface area (Å²) in [6.45, 7) is 2.59. The maximum atomic E-state index is 11.3. The van der Waals surface area contributed by atoms with E-state index in [4.69, 9.17) is 20.1 Å². The van der Waals surface area contributed by atoms with Crippen LogP contribution in [0.25, 0.3) is 0 Å². The summed E-state index contributed by atoms with van der Waals surface area (Å²) in [7, 11) is 0. The van der Waals surface area contributed by atoms with Crippen LogP contribution < -0.4 is 0 Å². The van der Waals surface area contributed by atoms with Crippen LogP contribution >= 0.6 is 0 Å². The lowest BCUT2D eigenvalue weighted by atomic mass is 10.3. The van der Waals surface area contributed by atoms with E-state index in [1.807, 2.05) is 0 Å². The zero-order chi connectivity index (χ0) is 16.6. The molecule has 9 heteroatoms. The van der Waals surface area contributed by atoms with Gasteiger partial charge in [-0.05, 0) is 20.8 Å². The zero-order valence-electron chi connectivity index (χ0n) is 12.0. The predicted octanol–water partition coefficient (Wildman–Crippen LogP) is -1.87. The third-order valence-corrected chi connectivity index (χ3v) is 2.13. The zero-order valence-corrected chi connectivity index (χ0v) is 12.0. The SMILES string of the molecule is C[C@H](O)C(=O)OCC(COC(=O)[C@H](C)O)OC(=O)[C@@H](C)O. The molecule has 122 valence electrons. The first kappa shape index (κ1) is 19.3. The van der Waals surface area contributed by atoms with Gasteiger partial charge in [-0.1, -0.05) is 0 Å². The highest BCUT2D eigenvalue weighted by Crippen LogP contribution is 2.01. The predicted molar refractivity (Wildman–Crippen MR) is 66.8 cm³/mol. The molecular weight excluding hydrogens is 288 g/mol. The summed E-state index contributed by atoms with van der Waals surface area (Å²) in [5.74, 6) is -2.90. The topological polar surface area (TPSA) is 140 Å². The third kappa shape index (κ3) is 8.23. The van der Waals surface area contributed by atoms with Crippen molar-refractivity contribution < 1.29 is 43.9 Å². The molecule has 0 aliphatic carbocycles. The Morgan fingerprint density at radius 2 is 1.10 bits per heavy atom. The summed E-state index contributed by atoms with van der Waals surface area (Å²) in [4.78, 5) is 33.5. The highest BCUT2D eigenvalue weighted by Gasteiger charge is 2.23. The minimum atomic E-state index is -1.41. The molecular formula is C12H20O9. The molecule has 0 spiro atoms. The van der Waals surface area contributed by atoms with Crippen LogP contribution in [-0.4, -0.2) is 70.9 Å². The van der Waals surface area contributed by atoms with Crippen LogP contribution in [0.5, 0.6) is 0 Å². The summed E-state index contributed by atoms with van der Waals surface area (Å²) >= 11 is 0. The van der Waals surface area contributed by atoms with E-state index < -0.39 is 55.5 Å². The number of hydrogen-bond donors (Lipinski definition) is 3.